The summed E-state index contributed by atoms with van der Waals surface area (Å²) in [7, 11) is 0. The normalized spacial score (nSPS) is 10.4. The van der Waals surface area contributed by atoms with E-state index in [4.69, 9.17) is 0 Å². The lowest BCUT2D eigenvalue weighted by molar-refractivity contribution is 0.101. The van der Waals surface area contributed by atoms with E-state index in [0.29, 0.717) is 17.3 Å². The molecular formula is C19H17BrN4O. The number of rotatable bonds is 5. The highest BCUT2D eigenvalue weighted by Crippen LogP contribution is 2.21. The molecule has 0 aliphatic rings. The van der Waals surface area contributed by atoms with Crippen LogP contribution in [0.2, 0.25) is 0 Å². The Labute approximate surface area is 154 Å². The van der Waals surface area contributed by atoms with E-state index in [-0.39, 0.29) is 5.78 Å². The molecule has 0 aliphatic heterocycles. The molecular weight excluding hydrogens is 380 g/mol. The molecule has 0 radical (unpaired) electrons. The number of aryl methyl sites for hydroxylation is 1. The zero-order valence-corrected chi connectivity index (χ0v) is 15.5. The number of ketones is 1. The quantitative estimate of drug-likeness (QED) is 0.577. The van der Waals surface area contributed by atoms with Crippen molar-refractivity contribution in [1.29, 1.82) is 0 Å². The summed E-state index contributed by atoms with van der Waals surface area (Å²) < 4.78 is 1.01. The average Bonchev–Trinajstić information content (AvgIpc) is 2.57. The number of carbonyl (C=O) groups is 1. The molecule has 2 aromatic carbocycles. The zero-order valence-electron chi connectivity index (χ0n) is 13.9. The van der Waals surface area contributed by atoms with Gasteiger partial charge >= 0.3 is 0 Å². The van der Waals surface area contributed by atoms with Crippen LogP contribution in [0, 0.1) is 6.92 Å². The van der Waals surface area contributed by atoms with E-state index in [1.165, 1.54) is 0 Å². The minimum absolute atomic E-state index is 0.0279. The van der Waals surface area contributed by atoms with Crippen LogP contribution < -0.4 is 10.6 Å². The average molecular weight is 397 g/mol. The van der Waals surface area contributed by atoms with Crippen molar-refractivity contribution in [2.75, 3.05) is 10.6 Å². The van der Waals surface area contributed by atoms with Crippen LogP contribution in [-0.4, -0.2) is 15.8 Å². The first-order valence-corrected chi connectivity index (χ1v) is 8.55. The maximum Gasteiger partial charge on any atom is 0.229 e. The Morgan fingerprint density at radius 3 is 2.44 bits per heavy atom. The van der Waals surface area contributed by atoms with Crippen molar-refractivity contribution in [1.82, 2.24) is 9.97 Å². The van der Waals surface area contributed by atoms with E-state index in [9.17, 15) is 4.79 Å². The van der Waals surface area contributed by atoms with Crippen molar-refractivity contribution in [2.45, 2.75) is 13.8 Å². The van der Waals surface area contributed by atoms with Crippen LogP contribution in [0.4, 0.5) is 23.1 Å². The van der Waals surface area contributed by atoms with Gasteiger partial charge in [-0.05, 0) is 50.2 Å². The van der Waals surface area contributed by atoms with Gasteiger partial charge < -0.3 is 10.6 Å². The molecule has 3 rings (SSSR count). The number of carbonyl (C=O) groups excluding carboxylic acids is 1. The van der Waals surface area contributed by atoms with Crippen molar-refractivity contribution < 1.29 is 4.79 Å². The second kappa shape index (κ2) is 7.44. The van der Waals surface area contributed by atoms with Gasteiger partial charge in [0, 0.05) is 33.2 Å². The van der Waals surface area contributed by atoms with Gasteiger partial charge in [0.1, 0.15) is 5.82 Å². The number of anilines is 4. The van der Waals surface area contributed by atoms with Crippen LogP contribution in [0.1, 0.15) is 23.0 Å². The number of hydrogen-bond donors (Lipinski definition) is 2. The maximum absolute atomic E-state index is 11.5. The van der Waals surface area contributed by atoms with Gasteiger partial charge in [0.15, 0.2) is 5.78 Å². The summed E-state index contributed by atoms with van der Waals surface area (Å²) in [5.41, 5.74) is 3.20. The SMILES string of the molecule is CC(=O)c1cccc(Nc2cc(C)nc(Nc3ccc(Br)cc3)n2)c1. The minimum Gasteiger partial charge on any atom is -0.340 e. The fourth-order valence-corrected chi connectivity index (χ4v) is 2.58. The standard InChI is InChI=1S/C19H17BrN4O/c1-12-10-18(22-17-5-3-4-14(11-17)13(2)25)24-19(21-12)23-16-8-6-15(20)7-9-16/h3-11H,1-2H3,(H2,21,22,23,24). The molecule has 2 N–H and O–H groups in total. The van der Waals surface area contributed by atoms with Crippen LogP contribution in [-0.2, 0) is 0 Å². The van der Waals surface area contributed by atoms with Gasteiger partial charge in [-0.15, -0.1) is 0 Å². The van der Waals surface area contributed by atoms with E-state index < -0.39 is 0 Å². The largest absolute Gasteiger partial charge is 0.340 e. The van der Waals surface area contributed by atoms with Gasteiger partial charge in [-0.3, -0.25) is 4.79 Å². The third kappa shape index (κ3) is 4.64. The van der Waals surface area contributed by atoms with E-state index in [2.05, 4.69) is 36.5 Å². The predicted molar refractivity (Wildman–Crippen MR) is 104 cm³/mol. The molecule has 1 heterocycles. The van der Waals surface area contributed by atoms with Crippen molar-refractivity contribution in [3.05, 3.63) is 70.3 Å². The van der Waals surface area contributed by atoms with Gasteiger partial charge in [0.25, 0.3) is 0 Å². The van der Waals surface area contributed by atoms with Crippen molar-refractivity contribution in [3.63, 3.8) is 0 Å². The molecule has 0 saturated carbocycles. The lowest BCUT2D eigenvalue weighted by Gasteiger charge is -2.10. The molecule has 25 heavy (non-hydrogen) atoms. The predicted octanol–water partition coefficient (Wildman–Crippen LogP) is 5.24. The second-order valence-electron chi connectivity index (χ2n) is 5.61. The third-order valence-corrected chi connectivity index (χ3v) is 4.02. The van der Waals surface area contributed by atoms with Crippen LogP contribution in [0.25, 0.3) is 0 Å². The van der Waals surface area contributed by atoms with E-state index in [1.807, 2.05) is 55.5 Å². The number of halogens is 1. The highest BCUT2D eigenvalue weighted by Gasteiger charge is 2.05. The molecule has 0 bridgehead atoms. The number of nitrogens with zero attached hydrogens (tertiary/aromatic N) is 2. The summed E-state index contributed by atoms with van der Waals surface area (Å²) in [5, 5.41) is 6.42. The van der Waals surface area contributed by atoms with Gasteiger partial charge in [-0.2, -0.15) is 4.98 Å². The lowest BCUT2D eigenvalue weighted by Crippen LogP contribution is -2.03. The Kier molecular flexibility index (Phi) is 5.09. The summed E-state index contributed by atoms with van der Waals surface area (Å²) in [6.45, 7) is 3.46. The summed E-state index contributed by atoms with van der Waals surface area (Å²) in [6.07, 6.45) is 0. The molecule has 0 atom stereocenters. The highest BCUT2D eigenvalue weighted by atomic mass is 79.9. The monoisotopic (exact) mass is 396 g/mol. The molecule has 3 aromatic rings. The molecule has 0 aliphatic carbocycles. The topological polar surface area (TPSA) is 66.9 Å². The molecule has 0 spiro atoms. The summed E-state index contributed by atoms with van der Waals surface area (Å²) in [5.74, 6) is 1.19. The maximum atomic E-state index is 11.5. The van der Waals surface area contributed by atoms with Gasteiger partial charge in [0.05, 0.1) is 0 Å². The molecule has 5 nitrogen and oxygen atoms in total. The third-order valence-electron chi connectivity index (χ3n) is 3.50. The number of Topliss-reactive ketones (excluding diaryl/α,β-unsaturated/α-hetero) is 1. The van der Waals surface area contributed by atoms with Crippen LogP contribution in [0.15, 0.2) is 59.1 Å². The molecule has 0 amide bonds. The van der Waals surface area contributed by atoms with Gasteiger partial charge in [-0.1, -0.05) is 28.1 Å². The van der Waals surface area contributed by atoms with Crippen LogP contribution >= 0.6 is 15.9 Å². The summed E-state index contributed by atoms with van der Waals surface area (Å²) in [6, 6.07) is 17.0. The Hall–Kier alpha value is -2.73. The first-order chi connectivity index (χ1) is 12.0. The Balaban J connectivity index is 1.83. The zero-order chi connectivity index (χ0) is 17.8. The first kappa shape index (κ1) is 17.1. The smallest absolute Gasteiger partial charge is 0.229 e. The molecule has 126 valence electrons. The van der Waals surface area contributed by atoms with Crippen molar-refractivity contribution in [2.24, 2.45) is 0 Å². The Morgan fingerprint density at radius 1 is 0.960 bits per heavy atom. The lowest BCUT2D eigenvalue weighted by atomic mass is 10.1. The van der Waals surface area contributed by atoms with Crippen molar-refractivity contribution in [3.8, 4) is 0 Å². The van der Waals surface area contributed by atoms with E-state index >= 15 is 0 Å². The second-order valence-corrected chi connectivity index (χ2v) is 6.53. The van der Waals surface area contributed by atoms with Crippen molar-refractivity contribution >= 4 is 44.9 Å². The Morgan fingerprint density at radius 2 is 1.72 bits per heavy atom. The number of hydrogen-bond acceptors (Lipinski definition) is 5. The van der Waals surface area contributed by atoms with Crippen LogP contribution in [0.5, 0.6) is 0 Å². The number of benzene rings is 2. The molecule has 0 fully saturated rings. The number of aromatic nitrogens is 2. The first-order valence-electron chi connectivity index (χ1n) is 7.76. The summed E-state index contributed by atoms with van der Waals surface area (Å²) in [4.78, 5) is 20.4. The fraction of sp³-hybridized carbons (Fsp3) is 0.105. The fourth-order valence-electron chi connectivity index (χ4n) is 2.31. The summed E-state index contributed by atoms with van der Waals surface area (Å²) >= 11 is 3.41. The highest BCUT2D eigenvalue weighted by molar-refractivity contribution is 9.10. The molecule has 6 heteroatoms. The Bertz CT molecular complexity index is 910. The van der Waals surface area contributed by atoms with E-state index in [0.717, 1.165) is 21.5 Å². The van der Waals surface area contributed by atoms with Gasteiger partial charge in [-0.25, -0.2) is 4.98 Å². The molecule has 1 aromatic heterocycles. The molecule has 0 saturated heterocycles. The van der Waals surface area contributed by atoms with Crippen LogP contribution in [0.3, 0.4) is 0 Å². The minimum atomic E-state index is 0.0279. The van der Waals surface area contributed by atoms with E-state index in [1.54, 1.807) is 13.0 Å². The molecule has 0 unspecified atom stereocenters. The van der Waals surface area contributed by atoms with Gasteiger partial charge in [0.2, 0.25) is 5.95 Å². The number of nitrogens with one attached hydrogen (secondary N) is 2.